The minimum absolute atomic E-state index is 0.253. The van der Waals surface area contributed by atoms with Gasteiger partial charge in [-0.15, -0.1) is 0 Å². The van der Waals surface area contributed by atoms with E-state index in [1.54, 1.807) is 14.0 Å². The fraction of sp³-hybridized carbons (Fsp3) is 0.235. The molecule has 0 aromatic heterocycles. The summed E-state index contributed by atoms with van der Waals surface area (Å²) in [5.41, 5.74) is 0.953. The van der Waals surface area contributed by atoms with E-state index in [1.807, 2.05) is 24.3 Å². The predicted octanol–water partition coefficient (Wildman–Crippen LogP) is 3.68. The van der Waals surface area contributed by atoms with Crippen molar-refractivity contribution in [3.05, 3.63) is 58.3 Å². The van der Waals surface area contributed by atoms with E-state index < -0.39 is 6.10 Å². The van der Waals surface area contributed by atoms with Crippen LogP contribution in [0, 0.1) is 5.82 Å². The number of rotatable bonds is 6. The van der Waals surface area contributed by atoms with Gasteiger partial charge in [-0.05, 0) is 58.7 Å². The molecule has 2 aromatic rings. The van der Waals surface area contributed by atoms with Gasteiger partial charge in [-0.1, -0.05) is 12.1 Å². The van der Waals surface area contributed by atoms with Crippen LogP contribution in [0.3, 0.4) is 0 Å². The summed E-state index contributed by atoms with van der Waals surface area (Å²) in [5, 5.41) is 2.79. The van der Waals surface area contributed by atoms with Crippen LogP contribution in [-0.4, -0.2) is 19.1 Å². The first-order chi connectivity index (χ1) is 11.0. The standard InChI is InChI=1S/C17H17BrFNO3/c1-11(23-16-8-5-13(19)9-15(16)18)17(21)20-10-12-3-6-14(22-2)7-4-12/h3-9,11H,10H2,1-2H3,(H,20,21)/t11-/m1/s1. The number of methoxy groups -OCH3 is 1. The van der Waals surface area contributed by atoms with Crippen molar-refractivity contribution in [3.8, 4) is 11.5 Å². The average Bonchev–Trinajstić information content (AvgIpc) is 2.55. The quantitative estimate of drug-likeness (QED) is 0.829. The summed E-state index contributed by atoms with van der Waals surface area (Å²) in [7, 11) is 1.60. The van der Waals surface area contributed by atoms with Crippen molar-refractivity contribution < 1.29 is 18.7 Å². The third kappa shape index (κ3) is 4.96. The van der Waals surface area contributed by atoms with Crippen LogP contribution in [0.2, 0.25) is 0 Å². The van der Waals surface area contributed by atoms with Crippen molar-refractivity contribution in [3.63, 3.8) is 0 Å². The second-order valence-electron chi connectivity index (χ2n) is 4.90. The van der Waals surface area contributed by atoms with E-state index in [9.17, 15) is 9.18 Å². The van der Waals surface area contributed by atoms with Crippen molar-refractivity contribution in [2.45, 2.75) is 19.6 Å². The predicted molar refractivity (Wildman–Crippen MR) is 89.0 cm³/mol. The Morgan fingerprint density at radius 3 is 2.57 bits per heavy atom. The molecule has 0 aliphatic rings. The average molecular weight is 382 g/mol. The number of hydrogen-bond donors (Lipinski definition) is 1. The molecule has 0 saturated heterocycles. The molecule has 0 bridgehead atoms. The number of carbonyl (C=O) groups is 1. The SMILES string of the molecule is COc1ccc(CNC(=O)[C@@H](C)Oc2ccc(F)cc2Br)cc1. The Hall–Kier alpha value is -2.08. The molecule has 0 aliphatic heterocycles. The van der Waals surface area contributed by atoms with Crippen LogP contribution in [0.25, 0.3) is 0 Å². The molecule has 6 heteroatoms. The molecule has 4 nitrogen and oxygen atoms in total. The highest BCUT2D eigenvalue weighted by Gasteiger charge is 2.16. The van der Waals surface area contributed by atoms with Gasteiger partial charge in [0.1, 0.15) is 17.3 Å². The highest BCUT2D eigenvalue weighted by atomic mass is 79.9. The first-order valence-electron chi connectivity index (χ1n) is 7.02. The molecule has 0 fully saturated rings. The molecule has 2 rings (SSSR count). The number of carbonyl (C=O) groups excluding carboxylic acids is 1. The van der Waals surface area contributed by atoms with Gasteiger partial charge in [0, 0.05) is 6.54 Å². The van der Waals surface area contributed by atoms with Gasteiger partial charge in [-0.3, -0.25) is 4.79 Å². The fourth-order valence-electron chi connectivity index (χ4n) is 1.89. The normalized spacial score (nSPS) is 11.7. The summed E-state index contributed by atoms with van der Waals surface area (Å²) in [6.45, 7) is 2.03. The van der Waals surface area contributed by atoms with Crippen LogP contribution < -0.4 is 14.8 Å². The van der Waals surface area contributed by atoms with Crippen molar-refractivity contribution in [1.29, 1.82) is 0 Å². The Morgan fingerprint density at radius 2 is 1.96 bits per heavy atom. The first kappa shape index (κ1) is 17.3. The molecule has 1 atom stereocenters. The van der Waals surface area contributed by atoms with E-state index in [1.165, 1.54) is 18.2 Å². The van der Waals surface area contributed by atoms with E-state index in [4.69, 9.17) is 9.47 Å². The lowest BCUT2D eigenvalue weighted by Gasteiger charge is -2.16. The maximum atomic E-state index is 13.0. The molecule has 122 valence electrons. The van der Waals surface area contributed by atoms with Gasteiger partial charge in [0.15, 0.2) is 6.10 Å². The van der Waals surface area contributed by atoms with Crippen molar-refractivity contribution in [2.24, 2.45) is 0 Å². The van der Waals surface area contributed by atoms with Crippen LogP contribution in [0.4, 0.5) is 4.39 Å². The molecule has 2 aromatic carbocycles. The largest absolute Gasteiger partial charge is 0.497 e. The number of amides is 1. The second kappa shape index (κ2) is 7.97. The van der Waals surface area contributed by atoms with Crippen LogP contribution >= 0.6 is 15.9 Å². The minimum atomic E-state index is -0.699. The molecule has 0 spiro atoms. The lowest BCUT2D eigenvalue weighted by Crippen LogP contribution is -2.35. The van der Waals surface area contributed by atoms with Crippen molar-refractivity contribution in [2.75, 3.05) is 7.11 Å². The van der Waals surface area contributed by atoms with Gasteiger partial charge in [0.25, 0.3) is 5.91 Å². The number of ether oxygens (including phenoxy) is 2. The third-order valence-corrected chi connectivity index (χ3v) is 3.81. The summed E-state index contributed by atoms with van der Waals surface area (Å²) < 4.78 is 24.1. The van der Waals surface area contributed by atoms with Crippen LogP contribution in [-0.2, 0) is 11.3 Å². The second-order valence-corrected chi connectivity index (χ2v) is 5.76. The van der Waals surface area contributed by atoms with Crippen molar-refractivity contribution in [1.82, 2.24) is 5.32 Å². The molecule has 0 aliphatic carbocycles. The van der Waals surface area contributed by atoms with Gasteiger partial charge in [0.2, 0.25) is 0 Å². The zero-order valence-corrected chi connectivity index (χ0v) is 14.4. The molecular formula is C17H17BrFNO3. The zero-order chi connectivity index (χ0) is 16.8. The summed E-state index contributed by atoms with van der Waals surface area (Å²) in [5.74, 6) is 0.550. The Bertz CT molecular complexity index is 676. The summed E-state index contributed by atoms with van der Waals surface area (Å²) in [4.78, 5) is 12.1. The highest BCUT2D eigenvalue weighted by molar-refractivity contribution is 9.10. The Morgan fingerprint density at radius 1 is 1.26 bits per heavy atom. The minimum Gasteiger partial charge on any atom is -0.497 e. The smallest absolute Gasteiger partial charge is 0.261 e. The molecule has 0 heterocycles. The van der Waals surface area contributed by atoms with Gasteiger partial charge in [-0.2, -0.15) is 0 Å². The zero-order valence-electron chi connectivity index (χ0n) is 12.8. The van der Waals surface area contributed by atoms with E-state index >= 15 is 0 Å². The maximum absolute atomic E-state index is 13.0. The van der Waals surface area contributed by atoms with Crippen molar-refractivity contribution >= 4 is 21.8 Å². The Balaban J connectivity index is 1.89. The molecule has 0 saturated carbocycles. The van der Waals surface area contributed by atoms with Gasteiger partial charge in [0.05, 0.1) is 11.6 Å². The van der Waals surface area contributed by atoms with E-state index in [2.05, 4.69) is 21.2 Å². The molecular weight excluding hydrogens is 365 g/mol. The fourth-order valence-corrected chi connectivity index (χ4v) is 2.34. The first-order valence-corrected chi connectivity index (χ1v) is 7.81. The maximum Gasteiger partial charge on any atom is 0.261 e. The Labute approximate surface area is 142 Å². The molecule has 1 amide bonds. The van der Waals surface area contributed by atoms with Gasteiger partial charge >= 0.3 is 0 Å². The number of nitrogens with one attached hydrogen (secondary N) is 1. The molecule has 1 N–H and O–H groups in total. The topological polar surface area (TPSA) is 47.6 Å². The lowest BCUT2D eigenvalue weighted by molar-refractivity contribution is -0.127. The van der Waals surface area contributed by atoms with Gasteiger partial charge < -0.3 is 14.8 Å². The van der Waals surface area contributed by atoms with E-state index in [0.717, 1.165) is 11.3 Å². The number of benzene rings is 2. The summed E-state index contributed by atoms with van der Waals surface area (Å²) in [6.07, 6.45) is -0.699. The lowest BCUT2D eigenvalue weighted by atomic mass is 10.2. The van der Waals surface area contributed by atoms with Crippen LogP contribution in [0.1, 0.15) is 12.5 Å². The highest BCUT2D eigenvalue weighted by Crippen LogP contribution is 2.26. The molecule has 0 radical (unpaired) electrons. The van der Waals surface area contributed by atoms with Crippen LogP contribution in [0.15, 0.2) is 46.9 Å². The third-order valence-electron chi connectivity index (χ3n) is 3.19. The number of halogens is 2. The number of hydrogen-bond acceptors (Lipinski definition) is 3. The summed E-state index contributed by atoms with van der Waals surface area (Å²) in [6, 6.07) is 11.5. The monoisotopic (exact) mass is 381 g/mol. The Kier molecular flexibility index (Phi) is 5.98. The molecule has 23 heavy (non-hydrogen) atoms. The molecule has 0 unspecified atom stereocenters. The van der Waals surface area contributed by atoms with Crippen LogP contribution in [0.5, 0.6) is 11.5 Å². The van der Waals surface area contributed by atoms with E-state index in [-0.39, 0.29) is 11.7 Å². The van der Waals surface area contributed by atoms with Gasteiger partial charge in [-0.25, -0.2) is 4.39 Å². The summed E-state index contributed by atoms with van der Waals surface area (Å²) >= 11 is 3.21. The van der Waals surface area contributed by atoms with E-state index in [0.29, 0.717) is 16.8 Å².